The van der Waals surface area contributed by atoms with Crippen LogP contribution in [0.1, 0.15) is 34.1 Å². The number of hydrogen-bond donors (Lipinski definition) is 6. The molecule has 0 spiro atoms. The first-order chi connectivity index (χ1) is 12.9. The monoisotopic (exact) mass is 404 g/mol. The van der Waals surface area contributed by atoms with E-state index in [4.69, 9.17) is 14.2 Å². The fourth-order valence-electron chi connectivity index (χ4n) is 4.69. The van der Waals surface area contributed by atoms with Crippen LogP contribution in [0.15, 0.2) is 12.2 Å². The van der Waals surface area contributed by atoms with Gasteiger partial charge in [0.15, 0.2) is 6.29 Å². The zero-order valence-electron chi connectivity index (χ0n) is 16.6. The Hall–Kier alpha value is -0.620. The van der Waals surface area contributed by atoms with Crippen molar-refractivity contribution in [2.75, 3.05) is 6.61 Å². The molecule has 1 aliphatic carbocycles. The van der Waals surface area contributed by atoms with Crippen LogP contribution < -0.4 is 0 Å². The molecule has 9 nitrogen and oxygen atoms in total. The maximum absolute atomic E-state index is 10.3. The third-order valence-electron chi connectivity index (χ3n) is 6.52. The maximum atomic E-state index is 10.3. The predicted octanol–water partition coefficient (Wildman–Crippen LogP) is -1.57. The van der Waals surface area contributed by atoms with Crippen LogP contribution in [0.2, 0.25) is 0 Å². The molecule has 3 rings (SSSR count). The smallest absolute Gasteiger partial charge is 0.187 e. The lowest BCUT2D eigenvalue weighted by Gasteiger charge is -2.42. The van der Waals surface area contributed by atoms with E-state index in [9.17, 15) is 30.6 Å². The third-order valence-corrected chi connectivity index (χ3v) is 6.52. The van der Waals surface area contributed by atoms with Crippen molar-refractivity contribution in [1.82, 2.24) is 0 Å². The summed E-state index contributed by atoms with van der Waals surface area (Å²) in [4.78, 5) is 0. The highest BCUT2D eigenvalue weighted by molar-refractivity contribution is 5.35. The van der Waals surface area contributed by atoms with Gasteiger partial charge in [0.05, 0.1) is 18.8 Å². The Labute approximate surface area is 164 Å². The molecule has 3 aliphatic rings. The second-order valence-corrected chi connectivity index (χ2v) is 8.94. The van der Waals surface area contributed by atoms with Crippen LogP contribution in [0, 0.1) is 5.41 Å². The summed E-state index contributed by atoms with van der Waals surface area (Å²) in [5.74, 6) is 0. The van der Waals surface area contributed by atoms with Gasteiger partial charge in [0.1, 0.15) is 41.7 Å². The highest BCUT2D eigenvalue weighted by atomic mass is 16.7. The molecule has 162 valence electrons. The van der Waals surface area contributed by atoms with Gasteiger partial charge in [0, 0.05) is 5.41 Å². The quantitative estimate of drug-likeness (QED) is 0.236. The van der Waals surface area contributed by atoms with Gasteiger partial charge < -0.3 is 44.8 Å². The van der Waals surface area contributed by atoms with Crippen molar-refractivity contribution in [3.05, 3.63) is 12.2 Å². The summed E-state index contributed by atoms with van der Waals surface area (Å²) in [5.41, 5.74) is -2.11. The van der Waals surface area contributed by atoms with Crippen LogP contribution in [-0.4, -0.2) is 97.5 Å². The standard InChI is InChI=1S/C19H32O9/c1-9(26-16-14(24)13(23)12(22)11(8-20)27-16)5-6-19-17(2,3)7-10(21)15(25)18(19,4)28-19/h5-6,9-16,20-25H,7-8H2,1-4H3. The minimum absolute atomic E-state index is 0.371. The number of aliphatic hydroxyl groups excluding tert-OH is 6. The predicted molar refractivity (Wildman–Crippen MR) is 96.1 cm³/mol. The van der Waals surface area contributed by atoms with Gasteiger partial charge >= 0.3 is 0 Å². The van der Waals surface area contributed by atoms with Crippen molar-refractivity contribution in [2.24, 2.45) is 5.41 Å². The van der Waals surface area contributed by atoms with Gasteiger partial charge in [-0.2, -0.15) is 0 Å². The fraction of sp³-hybridized carbons (Fsp3) is 0.895. The molecule has 10 unspecified atom stereocenters. The largest absolute Gasteiger partial charge is 0.394 e. The molecule has 0 aromatic rings. The Morgan fingerprint density at radius 3 is 2.32 bits per heavy atom. The molecule has 10 atom stereocenters. The Morgan fingerprint density at radius 1 is 1.07 bits per heavy atom. The van der Waals surface area contributed by atoms with Crippen LogP contribution in [0.25, 0.3) is 0 Å². The van der Waals surface area contributed by atoms with Crippen LogP contribution >= 0.6 is 0 Å². The van der Waals surface area contributed by atoms with Crippen LogP contribution in [0.5, 0.6) is 0 Å². The fourth-order valence-corrected chi connectivity index (χ4v) is 4.69. The number of epoxide rings is 1. The molecule has 0 amide bonds. The summed E-state index contributed by atoms with van der Waals surface area (Å²) >= 11 is 0. The first-order valence-corrected chi connectivity index (χ1v) is 9.62. The van der Waals surface area contributed by atoms with Crippen molar-refractivity contribution in [1.29, 1.82) is 0 Å². The zero-order chi connectivity index (χ0) is 21.1. The van der Waals surface area contributed by atoms with E-state index < -0.39 is 72.2 Å². The summed E-state index contributed by atoms with van der Waals surface area (Å²) in [6.07, 6.45) is -5.25. The Kier molecular flexibility index (Phi) is 5.72. The zero-order valence-corrected chi connectivity index (χ0v) is 16.6. The average Bonchev–Trinajstić information content (AvgIpc) is 3.27. The first-order valence-electron chi connectivity index (χ1n) is 9.62. The van der Waals surface area contributed by atoms with Gasteiger partial charge in [-0.25, -0.2) is 0 Å². The van der Waals surface area contributed by atoms with E-state index >= 15 is 0 Å². The first kappa shape index (κ1) is 22.1. The van der Waals surface area contributed by atoms with E-state index in [0.29, 0.717) is 6.42 Å². The topological polar surface area (TPSA) is 152 Å². The summed E-state index contributed by atoms with van der Waals surface area (Å²) < 4.78 is 16.9. The molecule has 2 saturated heterocycles. The van der Waals surface area contributed by atoms with Crippen molar-refractivity contribution in [3.8, 4) is 0 Å². The number of ether oxygens (including phenoxy) is 3. The van der Waals surface area contributed by atoms with E-state index in [-0.39, 0.29) is 0 Å². The molecule has 28 heavy (non-hydrogen) atoms. The van der Waals surface area contributed by atoms with Crippen molar-refractivity contribution < 1.29 is 44.8 Å². The highest BCUT2D eigenvalue weighted by Crippen LogP contribution is 2.66. The van der Waals surface area contributed by atoms with Gasteiger partial charge in [0.25, 0.3) is 0 Å². The van der Waals surface area contributed by atoms with E-state index in [1.807, 2.05) is 13.8 Å². The molecule has 1 saturated carbocycles. The molecule has 2 aliphatic heterocycles. The van der Waals surface area contributed by atoms with Gasteiger partial charge in [-0.3, -0.25) is 0 Å². The maximum Gasteiger partial charge on any atom is 0.187 e. The van der Waals surface area contributed by atoms with Crippen LogP contribution in [0.3, 0.4) is 0 Å². The summed E-state index contributed by atoms with van der Waals surface area (Å²) in [7, 11) is 0. The minimum atomic E-state index is -1.50. The molecule has 0 bridgehead atoms. The molecular formula is C19H32O9. The van der Waals surface area contributed by atoms with Gasteiger partial charge in [-0.05, 0) is 20.3 Å². The van der Waals surface area contributed by atoms with Crippen molar-refractivity contribution in [2.45, 2.75) is 94.3 Å². The van der Waals surface area contributed by atoms with Crippen LogP contribution in [0.4, 0.5) is 0 Å². The van der Waals surface area contributed by atoms with E-state index in [1.165, 1.54) is 0 Å². The Morgan fingerprint density at radius 2 is 1.71 bits per heavy atom. The SMILES string of the molecule is CC(C=CC12OC1(C)C(O)C(O)CC2(C)C)OC1OC(CO)C(O)C(O)C1O. The molecule has 9 heteroatoms. The second-order valence-electron chi connectivity index (χ2n) is 8.94. The molecule has 0 radical (unpaired) electrons. The molecule has 3 fully saturated rings. The van der Waals surface area contributed by atoms with E-state index in [0.717, 1.165) is 0 Å². The second kappa shape index (κ2) is 7.26. The molecule has 0 aromatic heterocycles. The minimum Gasteiger partial charge on any atom is -0.394 e. The lowest BCUT2D eigenvalue weighted by Crippen LogP contribution is -2.59. The number of rotatable bonds is 5. The van der Waals surface area contributed by atoms with E-state index in [2.05, 4.69) is 0 Å². The highest BCUT2D eigenvalue weighted by Gasteiger charge is 2.78. The Bertz CT molecular complexity index is 608. The Balaban J connectivity index is 1.70. The van der Waals surface area contributed by atoms with Gasteiger partial charge in [0.2, 0.25) is 0 Å². The molecule has 2 heterocycles. The van der Waals surface area contributed by atoms with E-state index in [1.54, 1.807) is 26.0 Å². The molecule has 0 aromatic carbocycles. The number of aliphatic hydroxyl groups is 6. The third kappa shape index (κ3) is 3.23. The van der Waals surface area contributed by atoms with Crippen molar-refractivity contribution >= 4 is 0 Å². The van der Waals surface area contributed by atoms with Crippen LogP contribution in [-0.2, 0) is 14.2 Å². The summed E-state index contributed by atoms with van der Waals surface area (Å²) in [6, 6.07) is 0. The average molecular weight is 404 g/mol. The lowest BCUT2D eigenvalue weighted by molar-refractivity contribution is -0.306. The van der Waals surface area contributed by atoms with Gasteiger partial charge in [-0.1, -0.05) is 26.0 Å². The van der Waals surface area contributed by atoms with Crippen molar-refractivity contribution in [3.63, 3.8) is 0 Å². The van der Waals surface area contributed by atoms with Gasteiger partial charge in [-0.15, -0.1) is 0 Å². The summed E-state index contributed by atoms with van der Waals surface area (Å²) in [5, 5.41) is 59.5. The number of hydrogen-bond acceptors (Lipinski definition) is 9. The molecular weight excluding hydrogens is 372 g/mol. The summed E-state index contributed by atoms with van der Waals surface area (Å²) in [6.45, 7) is 6.85. The molecule has 6 N–H and O–H groups in total. The normalized spacial score (nSPS) is 51.7. The number of fused-ring (bicyclic) bond motifs is 1. The lowest BCUT2D eigenvalue weighted by atomic mass is 9.62.